The summed E-state index contributed by atoms with van der Waals surface area (Å²) < 4.78 is 4.87. The average molecular weight is 488 g/mol. The Morgan fingerprint density at radius 2 is 1.77 bits per heavy atom. The number of nitrogens with zero attached hydrogens (tertiary/aromatic N) is 1. The van der Waals surface area contributed by atoms with Crippen LogP contribution in [0.15, 0.2) is 40.9 Å². The molecule has 0 heterocycles. The molecule has 0 aliphatic heterocycles. The highest BCUT2D eigenvalue weighted by atomic mass is 16.5. The number of Topliss-reactive ketones (excluding diaryl/α,β-unsaturated/α-hetero) is 2. The summed E-state index contributed by atoms with van der Waals surface area (Å²) >= 11 is 0. The van der Waals surface area contributed by atoms with Crippen molar-refractivity contribution in [3.05, 3.63) is 52.0 Å². The number of phenols is 1. The number of aliphatic hydroxyl groups excluding tert-OH is 3. The summed E-state index contributed by atoms with van der Waals surface area (Å²) in [4.78, 5) is 52.9. The molecule has 3 aliphatic rings. The Morgan fingerprint density at radius 1 is 1.14 bits per heavy atom. The van der Waals surface area contributed by atoms with Crippen molar-refractivity contribution in [2.75, 3.05) is 21.2 Å². The second-order valence-corrected chi connectivity index (χ2v) is 9.00. The van der Waals surface area contributed by atoms with Gasteiger partial charge in [-0.25, -0.2) is 0 Å². The van der Waals surface area contributed by atoms with Gasteiger partial charge in [0.1, 0.15) is 22.8 Å². The number of likely N-dealkylation sites (N-methyl/N-ethyl adjacent to an activating group) is 1. The average Bonchev–Trinajstić information content (AvgIpc) is 2.78. The van der Waals surface area contributed by atoms with Gasteiger partial charge in [0.2, 0.25) is 5.78 Å². The molecular formula is C23H24N2O10. The van der Waals surface area contributed by atoms with E-state index in [1.54, 1.807) is 0 Å². The quantitative estimate of drug-likeness (QED) is 0.220. The van der Waals surface area contributed by atoms with Gasteiger partial charge in [-0.15, -0.1) is 0 Å². The van der Waals surface area contributed by atoms with Crippen LogP contribution in [0.4, 0.5) is 0 Å². The van der Waals surface area contributed by atoms with Crippen LogP contribution >= 0.6 is 0 Å². The summed E-state index contributed by atoms with van der Waals surface area (Å²) in [5.74, 6) is -12.2. The molecule has 1 amide bonds. The number of ether oxygens (including phenoxy) is 1. The number of aliphatic hydroxyl groups is 4. The Bertz CT molecular complexity index is 1250. The number of ketones is 2. The number of esters is 1. The molecule has 0 saturated carbocycles. The van der Waals surface area contributed by atoms with Crippen LogP contribution in [-0.4, -0.2) is 92.8 Å². The van der Waals surface area contributed by atoms with Gasteiger partial charge in [0, 0.05) is 11.5 Å². The van der Waals surface area contributed by atoms with Crippen molar-refractivity contribution in [2.45, 2.75) is 23.7 Å². The fraction of sp³-hybridized carbons (Fsp3) is 0.391. The van der Waals surface area contributed by atoms with Crippen LogP contribution < -0.4 is 5.73 Å². The van der Waals surface area contributed by atoms with Crippen LogP contribution in [0, 0.1) is 11.8 Å². The number of amides is 1. The number of rotatable bonds is 3. The van der Waals surface area contributed by atoms with Crippen LogP contribution in [0.25, 0.3) is 0 Å². The molecule has 0 fully saturated rings. The van der Waals surface area contributed by atoms with Crippen LogP contribution in [0.3, 0.4) is 0 Å². The van der Waals surface area contributed by atoms with Gasteiger partial charge >= 0.3 is 5.97 Å². The van der Waals surface area contributed by atoms with Crippen molar-refractivity contribution in [1.82, 2.24) is 4.90 Å². The molecule has 1 aromatic carbocycles. The highest BCUT2D eigenvalue weighted by Crippen LogP contribution is 2.55. The zero-order valence-electron chi connectivity index (χ0n) is 18.9. The van der Waals surface area contributed by atoms with Crippen molar-refractivity contribution in [2.24, 2.45) is 17.6 Å². The predicted molar refractivity (Wildman–Crippen MR) is 116 cm³/mol. The molecule has 1 aromatic rings. The van der Waals surface area contributed by atoms with Gasteiger partial charge in [0.15, 0.2) is 11.4 Å². The summed E-state index contributed by atoms with van der Waals surface area (Å²) in [5, 5.41) is 55.5. The third-order valence-electron chi connectivity index (χ3n) is 7.12. The van der Waals surface area contributed by atoms with Gasteiger partial charge in [-0.1, -0.05) is 12.1 Å². The molecule has 0 spiro atoms. The molecule has 6 atom stereocenters. The SMILES string of the molecule is COC(=O)[C@H]1c2cccc(O)c2C(=O)C2=C(O)[C@]3(O)C(=O)C(C(N)=O)=C(O)[C@@H](N(C)C)[C@@H]3[C@@H](O)[C@@H]21. The molecule has 0 unspecified atom stereocenters. The lowest BCUT2D eigenvalue weighted by molar-refractivity contribution is -0.165. The van der Waals surface area contributed by atoms with Gasteiger partial charge in [-0.2, -0.15) is 0 Å². The number of phenolic OH excluding ortho intramolecular Hbond substituents is 1. The Labute approximate surface area is 198 Å². The minimum atomic E-state index is -3.06. The Kier molecular flexibility index (Phi) is 5.51. The summed E-state index contributed by atoms with van der Waals surface area (Å²) in [7, 11) is 3.89. The number of methoxy groups -OCH3 is 1. The number of carbonyl (C=O) groups excluding carboxylic acids is 4. The van der Waals surface area contributed by atoms with E-state index in [1.165, 1.54) is 37.2 Å². The Balaban J connectivity index is 2.11. The van der Waals surface area contributed by atoms with Gasteiger partial charge in [-0.05, 0) is 25.7 Å². The second kappa shape index (κ2) is 7.90. The van der Waals surface area contributed by atoms with Crippen LogP contribution in [0.5, 0.6) is 5.75 Å². The van der Waals surface area contributed by atoms with Gasteiger partial charge < -0.3 is 36.0 Å². The first-order chi connectivity index (χ1) is 16.3. The number of primary amides is 1. The van der Waals surface area contributed by atoms with Crippen molar-refractivity contribution >= 4 is 23.4 Å². The molecule has 4 rings (SSSR count). The molecule has 0 radical (unpaired) electrons. The van der Waals surface area contributed by atoms with E-state index in [2.05, 4.69) is 0 Å². The summed E-state index contributed by atoms with van der Waals surface area (Å²) in [6.45, 7) is 0. The second-order valence-electron chi connectivity index (χ2n) is 9.00. The predicted octanol–water partition coefficient (Wildman–Crippen LogP) is -1.19. The van der Waals surface area contributed by atoms with E-state index in [9.17, 15) is 44.7 Å². The first kappa shape index (κ1) is 24.4. The highest BCUT2D eigenvalue weighted by molar-refractivity contribution is 6.25. The Hall–Kier alpha value is -3.74. The molecule has 3 aliphatic carbocycles. The van der Waals surface area contributed by atoms with Crippen molar-refractivity contribution < 1.29 is 49.4 Å². The zero-order chi connectivity index (χ0) is 26.1. The molecule has 0 saturated heterocycles. The van der Waals surface area contributed by atoms with E-state index < -0.39 is 87.4 Å². The fourth-order valence-corrected chi connectivity index (χ4v) is 5.68. The van der Waals surface area contributed by atoms with Crippen LogP contribution in [0.1, 0.15) is 21.8 Å². The number of fused-ring (bicyclic) bond motifs is 3. The molecule has 186 valence electrons. The monoisotopic (exact) mass is 488 g/mol. The van der Waals surface area contributed by atoms with Gasteiger partial charge in [0.05, 0.1) is 36.7 Å². The summed E-state index contributed by atoms with van der Waals surface area (Å²) in [5.41, 5.74) is 0.133. The number of hydrogen-bond donors (Lipinski definition) is 6. The zero-order valence-corrected chi connectivity index (χ0v) is 18.9. The topological polar surface area (TPSA) is 208 Å². The third kappa shape index (κ3) is 2.97. The van der Waals surface area contributed by atoms with E-state index >= 15 is 0 Å². The number of benzene rings is 1. The minimum absolute atomic E-state index is 0.00835. The minimum Gasteiger partial charge on any atom is -0.510 e. The van der Waals surface area contributed by atoms with E-state index in [-0.39, 0.29) is 11.1 Å². The summed E-state index contributed by atoms with van der Waals surface area (Å²) in [6.07, 6.45) is -1.90. The van der Waals surface area contributed by atoms with Crippen molar-refractivity contribution in [1.29, 1.82) is 0 Å². The Morgan fingerprint density at radius 3 is 2.31 bits per heavy atom. The maximum atomic E-state index is 13.5. The maximum absolute atomic E-state index is 13.5. The lowest BCUT2D eigenvalue weighted by Gasteiger charge is -2.53. The van der Waals surface area contributed by atoms with Crippen LogP contribution in [0.2, 0.25) is 0 Å². The van der Waals surface area contributed by atoms with E-state index in [0.717, 1.165) is 7.11 Å². The number of nitrogens with two attached hydrogens (primary N) is 1. The maximum Gasteiger partial charge on any atom is 0.313 e. The smallest absolute Gasteiger partial charge is 0.313 e. The largest absolute Gasteiger partial charge is 0.510 e. The molecular weight excluding hydrogens is 464 g/mol. The fourth-order valence-electron chi connectivity index (χ4n) is 5.68. The molecule has 0 aromatic heterocycles. The normalized spacial score (nSPS) is 32.2. The lowest BCUT2D eigenvalue weighted by Crippen LogP contribution is -2.68. The van der Waals surface area contributed by atoms with E-state index in [1.807, 2.05) is 0 Å². The first-order valence-electron chi connectivity index (χ1n) is 10.5. The van der Waals surface area contributed by atoms with Crippen molar-refractivity contribution in [3.63, 3.8) is 0 Å². The number of hydrogen-bond acceptors (Lipinski definition) is 11. The number of carbonyl (C=O) groups is 4. The van der Waals surface area contributed by atoms with Crippen molar-refractivity contribution in [3.8, 4) is 5.75 Å². The standard InChI is InChI=1S/C23H24N2O10/c1-25(2)15-14-17(28)11-10(22(33)35-3)7-5-4-6-8(26)9(7)16(27)12(11)19(30)23(14,34)20(31)13(18(15)29)21(24)32/h4-6,10-11,14-15,17,26,28-30,34H,1-3H3,(H2,24,32)/t10-,11+,14+,15-,17-,23-/m0/s1. The van der Waals surface area contributed by atoms with E-state index in [0.29, 0.717) is 0 Å². The summed E-state index contributed by atoms with van der Waals surface area (Å²) in [6, 6.07) is 2.48. The molecule has 35 heavy (non-hydrogen) atoms. The lowest BCUT2D eigenvalue weighted by atomic mass is 9.55. The van der Waals surface area contributed by atoms with Gasteiger partial charge in [0.25, 0.3) is 5.91 Å². The number of aromatic hydroxyl groups is 1. The molecule has 7 N–H and O–H groups in total. The van der Waals surface area contributed by atoms with Gasteiger partial charge in [-0.3, -0.25) is 24.1 Å². The third-order valence-corrected chi connectivity index (χ3v) is 7.12. The van der Waals surface area contributed by atoms with Crippen LogP contribution in [-0.2, 0) is 19.1 Å². The molecule has 12 heteroatoms. The molecule has 12 nitrogen and oxygen atoms in total. The highest BCUT2D eigenvalue weighted by Gasteiger charge is 2.68. The van der Waals surface area contributed by atoms with E-state index in [4.69, 9.17) is 10.5 Å². The first-order valence-corrected chi connectivity index (χ1v) is 10.5. The molecule has 0 bridgehead atoms.